The summed E-state index contributed by atoms with van der Waals surface area (Å²) < 4.78 is 1.63. The lowest BCUT2D eigenvalue weighted by Crippen LogP contribution is -2.15. The maximum atomic E-state index is 12.1. The molecule has 7 nitrogen and oxygen atoms in total. The fraction of sp³-hybridized carbons (Fsp3) is 0.0588. The molecule has 0 aliphatic rings. The Kier molecular flexibility index (Phi) is 5.64. The number of carbonyl (C=O) groups is 3. The molecule has 1 aromatic heterocycles. The minimum atomic E-state index is -1.28. The van der Waals surface area contributed by atoms with Crippen LogP contribution in [0, 0.1) is 0 Å². The highest BCUT2D eigenvalue weighted by Gasteiger charge is 2.14. The number of halogens is 1. The molecule has 3 rings (SSSR count). The van der Waals surface area contributed by atoms with Crippen LogP contribution in [-0.2, 0) is 4.79 Å². The second-order valence-corrected chi connectivity index (χ2v) is 8.03. The van der Waals surface area contributed by atoms with Crippen molar-refractivity contribution in [2.24, 2.45) is 0 Å². The maximum absolute atomic E-state index is 12.1. The van der Waals surface area contributed by atoms with Crippen molar-refractivity contribution in [1.82, 2.24) is 4.98 Å². The molecule has 0 unspecified atom stereocenters. The molecule has 0 radical (unpaired) electrons. The first-order valence-corrected chi connectivity index (χ1v) is 9.60. The van der Waals surface area contributed by atoms with Crippen molar-refractivity contribution >= 4 is 68.4 Å². The van der Waals surface area contributed by atoms with Crippen LogP contribution in [0.3, 0.4) is 0 Å². The second kappa shape index (κ2) is 7.95. The van der Waals surface area contributed by atoms with Crippen LogP contribution in [0.25, 0.3) is 10.2 Å². The van der Waals surface area contributed by atoms with Crippen LogP contribution < -0.4 is 5.32 Å². The van der Waals surface area contributed by atoms with Gasteiger partial charge in [0.15, 0.2) is 4.34 Å². The quantitative estimate of drug-likeness (QED) is 0.512. The highest BCUT2D eigenvalue weighted by molar-refractivity contribution is 8.01. The molecule has 3 aromatic rings. The van der Waals surface area contributed by atoms with Crippen molar-refractivity contribution in [3.05, 3.63) is 52.5 Å². The molecule has 0 atom stereocenters. The SMILES string of the molecule is O=C(CSc1nc2cc(Cl)ccc2s1)Nc1cc(C(=O)O)cc(C(=O)O)c1. The van der Waals surface area contributed by atoms with Gasteiger partial charge in [0, 0.05) is 10.7 Å². The average Bonchev–Trinajstić information content (AvgIpc) is 3.01. The van der Waals surface area contributed by atoms with Crippen LogP contribution in [0.5, 0.6) is 0 Å². The zero-order valence-electron chi connectivity index (χ0n) is 13.4. The Labute approximate surface area is 166 Å². The van der Waals surface area contributed by atoms with Gasteiger partial charge >= 0.3 is 11.9 Å². The molecule has 1 amide bonds. The van der Waals surface area contributed by atoms with Gasteiger partial charge in [-0.3, -0.25) is 4.79 Å². The van der Waals surface area contributed by atoms with E-state index in [0.717, 1.165) is 16.3 Å². The summed E-state index contributed by atoms with van der Waals surface area (Å²) in [7, 11) is 0. The summed E-state index contributed by atoms with van der Waals surface area (Å²) in [5.41, 5.74) is 0.409. The van der Waals surface area contributed by atoms with Crippen molar-refractivity contribution in [2.75, 3.05) is 11.1 Å². The van der Waals surface area contributed by atoms with E-state index < -0.39 is 17.8 Å². The van der Waals surface area contributed by atoms with Crippen molar-refractivity contribution in [3.63, 3.8) is 0 Å². The molecular formula is C17H11ClN2O5S2. The normalized spacial score (nSPS) is 10.7. The van der Waals surface area contributed by atoms with Crippen molar-refractivity contribution in [3.8, 4) is 0 Å². The van der Waals surface area contributed by atoms with Gasteiger partial charge in [0.2, 0.25) is 5.91 Å². The zero-order chi connectivity index (χ0) is 19.6. The summed E-state index contributed by atoms with van der Waals surface area (Å²) in [6.07, 6.45) is 0. The molecule has 0 saturated carbocycles. The number of aromatic carboxylic acids is 2. The van der Waals surface area contributed by atoms with E-state index in [1.54, 1.807) is 12.1 Å². The van der Waals surface area contributed by atoms with Gasteiger partial charge in [-0.15, -0.1) is 11.3 Å². The maximum Gasteiger partial charge on any atom is 0.335 e. The largest absolute Gasteiger partial charge is 0.478 e. The smallest absolute Gasteiger partial charge is 0.335 e. The third-order valence-electron chi connectivity index (χ3n) is 3.37. The van der Waals surface area contributed by atoms with Crippen molar-refractivity contribution in [2.45, 2.75) is 4.34 Å². The summed E-state index contributed by atoms with van der Waals surface area (Å²) in [6.45, 7) is 0. The minimum Gasteiger partial charge on any atom is -0.478 e. The monoisotopic (exact) mass is 422 g/mol. The Balaban J connectivity index is 1.69. The number of thiazole rings is 1. The molecule has 0 fully saturated rings. The second-order valence-electron chi connectivity index (χ2n) is 5.34. The molecule has 0 bridgehead atoms. The molecule has 27 heavy (non-hydrogen) atoms. The lowest BCUT2D eigenvalue weighted by molar-refractivity contribution is -0.113. The summed E-state index contributed by atoms with van der Waals surface area (Å²) in [5, 5.41) is 21.2. The van der Waals surface area contributed by atoms with Crippen LogP contribution in [0.4, 0.5) is 5.69 Å². The fourth-order valence-corrected chi connectivity index (χ4v) is 4.23. The van der Waals surface area contributed by atoms with E-state index in [1.807, 2.05) is 6.07 Å². The number of aromatic nitrogens is 1. The molecule has 0 aliphatic carbocycles. The lowest BCUT2D eigenvalue weighted by Gasteiger charge is -2.07. The van der Waals surface area contributed by atoms with E-state index in [1.165, 1.54) is 35.2 Å². The molecule has 0 saturated heterocycles. The van der Waals surface area contributed by atoms with Gasteiger partial charge in [0.1, 0.15) is 0 Å². The summed E-state index contributed by atoms with van der Waals surface area (Å²) in [6, 6.07) is 8.79. The number of rotatable bonds is 6. The van der Waals surface area contributed by atoms with Crippen molar-refractivity contribution in [1.29, 1.82) is 0 Å². The molecule has 3 N–H and O–H groups in total. The highest BCUT2D eigenvalue weighted by atomic mass is 35.5. The number of hydrogen-bond donors (Lipinski definition) is 3. The van der Waals surface area contributed by atoms with Gasteiger partial charge in [-0.05, 0) is 36.4 Å². The standard InChI is InChI=1S/C17H11ClN2O5S2/c18-10-1-2-13-12(6-10)20-17(27-13)26-7-14(21)19-11-4-8(15(22)23)3-9(5-11)16(24)25/h1-6H,7H2,(H,19,21)(H,22,23)(H,24,25). The third-order valence-corrected chi connectivity index (χ3v) is 5.78. The number of nitrogens with one attached hydrogen (secondary N) is 1. The number of fused-ring (bicyclic) bond motifs is 1. The van der Waals surface area contributed by atoms with Gasteiger partial charge < -0.3 is 15.5 Å². The van der Waals surface area contributed by atoms with Crippen LogP contribution in [0.1, 0.15) is 20.7 Å². The Morgan fingerprint density at radius 2 is 1.74 bits per heavy atom. The summed E-state index contributed by atoms with van der Waals surface area (Å²) >= 11 is 8.57. The number of anilines is 1. The number of benzene rings is 2. The topological polar surface area (TPSA) is 117 Å². The molecule has 2 aromatic carbocycles. The van der Waals surface area contributed by atoms with Gasteiger partial charge in [0.25, 0.3) is 0 Å². The van der Waals surface area contributed by atoms with E-state index in [4.69, 9.17) is 21.8 Å². The number of carboxylic acid groups (broad SMARTS) is 2. The van der Waals surface area contributed by atoms with Gasteiger partial charge in [-0.1, -0.05) is 23.4 Å². The number of carbonyl (C=O) groups excluding carboxylic acids is 1. The number of hydrogen-bond acceptors (Lipinski definition) is 6. The van der Waals surface area contributed by atoms with Crippen LogP contribution >= 0.6 is 34.7 Å². The highest BCUT2D eigenvalue weighted by Crippen LogP contribution is 2.31. The van der Waals surface area contributed by atoms with E-state index >= 15 is 0 Å². The number of thioether (sulfide) groups is 1. The van der Waals surface area contributed by atoms with Gasteiger partial charge in [0.05, 0.1) is 27.1 Å². The Hall–Kier alpha value is -2.62. The van der Waals surface area contributed by atoms with Crippen LogP contribution in [0.2, 0.25) is 5.02 Å². The van der Waals surface area contributed by atoms with Gasteiger partial charge in [-0.25, -0.2) is 14.6 Å². The van der Waals surface area contributed by atoms with Crippen LogP contribution in [0.15, 0.2) is 40.7 Å². The number of carboxylic acids is 2. The Bertz CT molecular complexity index is 1030. The molecule has 0 aliphatic heterocycles. The van der Waals surface area contributed by atoms with Gasteiger partial charge in [-0.2, -0.15) is 0 Å². The first-order valence-electron chi connectivity index (χ1n) is 7.42. The van der Waals surface area contributed by atoms with Crippen LogP contribution in [-0.4, -0.2) is 38.8 Å². The Morgan fingerprint density at radius 1 is 1.07 bits per heavy atom. The van der Waals surface area contributed by atoms with E-state index in [0.29, 0.717) is 9.36 Å². The Morgan fingerprint density at radius 3 is 2.37 bits per heavy atom. The van der Waals surface area contributed by atoms with Crippen molar-refractivity contribution < 1.29 is 24.6 Å². The lowest BCUT2D eigenvalue weighted by atomic mass is 10.1. The summed E-state index contributed by atoms with van der Waals surface area (Å²) in [5.74, 6) is -2.93. The predicted octanol–water partition coefficient (Wildman–Crippen LogP) is 4.08. The average molecular weight is 423 g/mol. The first kappa shape index (κ1) is 19.2. The van der Waals surface area contributed by atoms with E-state index in [-0.39, 0.29) is 22.6 Å². The summed E-state index contributed by atoms with van der Waals surface area (Å²) in [4.78, 5) is 38.8. The van der Waals surface area contributed by atoms with E-state index in [9.17, 15) is 14.4 Å². The molecule has 1 heterocycles. The minimum absolute atomic E-state index is 0.0350. The third kappa shape index (κ3) is 4.76. The molecule has 0 spiro atoms. The first-order chi connectivity index (χ1) is 12.8. The number of nitrogens with zero attached hydrogens (tertiary/aromatic N) is 1. The fourth-order valence-electron chi connectivity index (χ4n) is 2.21. The predicted molar refractivity (Wildman–Crippen MR) is 104 cm³/mol. The zero-order valence-corrected chi connectivity index (χ0v) is 15.8. The molecule has 10 heteroatoms. The van der Waals surface area contributed by atoms with E-state index in [2.05, 4.69) is 10.3 Å². The molecule has 138 valence electrons. The number of amides is 1. The molecular weight excluding hydrogens is 412 g/mol.